The molecule has 0 aromatic carbocycles. The summed E-state index contributed by atoms with van der Waals surface area (Å²) in [4.78, 5) is 29.2. The van der Waals surface area contributed by atoms with Crippen LogP contribution in [0.1, 0.15) is 0 Å². The first kappa shape index (κ1) is 30.2. The van der Waals surface area contributed by atoms with Crippen molar-refractivity contribution in [1.29, 1.82) is 0 Å². The van der Waals surface area contributed by atoms with Gasteiger partial charge >= 0.3 is 50.6 Å². The molecule has 0 saturated carbocycles. The minimum atomic E-state index is -1.35. The molecule has 1 aliphatic heterocycles. The molecule has 5 atom stereocenters. The van der Waals surface area contributed by atoms with Crippen molar-refractivity contribution in [3.8, 4) is 0 Å². The number of nitro groups is 1. The molecule has 33 heavy (non-hydrogen) atoms. The van der Waals surface area contributed by atoms with Gasteiger partial charge in [-0.25, -0.2) is 15.0 Å². The van der Waals surface area contributed by atoms with E-state index in [2.05, 4.69) is 37.5 Å². The van der Waals surface area contributed by atoms with Crippen LogP contribution in [0.2, 0.25) is 0 Å². The van der Waals surface area contributed by atoms with Gasteiger partial charge in [0.1, 0.15) is 35.2 Å². The predicted molar refractivity (Wildman–Crippen MR) is 107 cm³/mol. The quantitative estimate of drug-likeness (QED) is 0.0666. The number of ether oxygens (including phenoxy) is 1. The molecule has 14 nitrogen and oxygen atoms in total. The van der Waals surface area contributed by atoms with Crippen LogP contribution in [0.25, 0.3) is 11.2 Å². The van der Waals surface area contributed by atoms with Gasteiger partial charge in [0.15, 0.2) is 10.7 Å². The summed E-state index contributed by atoms with van der Waals surface area (Å²) < 4.78 is 6.41. The van der Waals surface area contributed by atoms with Crippen molar-refractivity contribution in [3.05, 3.63) is 29.1 Å². The van der Waals surface area contributed by atoms with Crippen molar-refractivity contribution in [2.75, 3.05) is 6.61 Å². The van der Waals surface area contributed by atoms with Gasteiger partial charge in [0, 0.05) is 7.05 Å². The Bertz CT molecular complexity index is 1050. The Hall–Kier alpha value is -0.859. The van der Waals surface area contributed by atoms with Crippen LogP contribution in [0.15, 0.2) is 29.0 Å². The molecule has 18 heteroatoms. The first-order chi connectivity index (χ1) is 14.7. The van der Waals surface area contributed by atoms with Crippen molar-refractivity contribution < 1.29 is 74.8 Å². The van der Waals surface area contributed by atoms with Gasteiger partial charge in [-0.05, 0) is 27.1 Å². The fourth-order valence-corrected chi connectivity index (χ4v) is 3.88. The standard InChI is InChI=1S/C9H7N7O2S.C6H12O5S.2Au/c1-15-4-14-7(16(17)18)9(15)19-8-5-6(11-2-10-5)12-3-13-8;7-1-2-3(8)4(9)5(10)6(12)11-2;;/h2-4H,1H3,(H,10,11,12,13);2-10,12H,1H2;;/q;;2*+1/p-1/t;2-,3-,4+,5-,6-;;/m.1../s1. The van der Waals surface area contributed by atoms with Crippen LogP contribution in [-0.4, -0.2) is 91.3 Å². The fraction of sp³-hybridized carbons (Fsp3) is 0.467. The smallest absolute Gasteiger partial charge is 0.759 e. The van der Waals surface area contributed by atoms with Crippen molar-refractivity contribution >= 4 is 41.4 Å². The molecule has 3 aromatic rings. The molecule has 188 valence electrons. The second kappa shape index (κ2) is 13.3. The summed E-state index contributed by atoms with van der Waals surface area (Å²) in [5.74, 6) is -0.196. The summed E-state index contributed by atoms with van der Waals surface area (Å²) >= 11 is 5.78. The molecule has 0 spiro atoms. The normalized spacial score (nSPS) is 24.2. The summed E-state index contributed by atoms with van der Waals surface area (Å²) in [5, 5.41) is 48.0. The number of imidazole rings is 2. The average Bonchev–Trinajstić information content (AvgIpc) is 3.37. The van der Waals surface area contributed by atoms with Gasteiger partial charge in [-0.1, -0.05) is 0 Å². The van der Waals surface area contributed by atoms with Crippen LogP contribution in [-0.2, 0) is 69.2 Å². The number of nitrogens with zero attached hydrogens (tertiary/aromatic N) is 6. The summed E-state index contributed by atoms with van der Waals surface area (Å²) in [5.41, 5.74) is 0.172. The molecule has 0 amide bonds. The van der Waals surface area contributed by atoms with Crippen LogP contribution in [0, 0.1) is 10.1 Å². The fourth-order valence-electron chi connectivity index (χ4n) is 2.63. The second-order valence-electron chi connectivity index (χ2n) is 6.32. The molecule has 1 fully saturated rings. The zero-order valence-corrected chi connectivity index (χ0v) is 22.4. The van der Waals surface area contributed by atoms with Crippen LogP contribution < -0.4 is 0 Å². The number of hydrogen-bond acceptors (Lipinski definition) is 13. The largest absolute Gasteiger partial charge is 1.00 e. The molecule has 0 aliphatic carbocycles. The molecule has 1 saturated heterocycles. The third-order valence-electron chi connectivity index (χ3n) is 4.27. The minimum Gasteiger partial charge on any atom is -0.759 e. The molecule has 0 bridgehead atoms. The van der Waals surface area contributed by atoms with Crippen LogP contribution in [0.3, 0.4) is 0 Å². The Kier molecular flexibility index (Phi) is 12.1. The Morgan fingerprint density at radius 2 is 1.91 bits per heavy atom. The van der Waals surface area contributed by atoms with Gasteiger partial charge in [0.25, 0.3) is 0 Å². The second-order valence-corrected chi connectivity index (χ2v) is 7.76. The Morgan fingerprint density at radius 3 is 2.55 bits per heavy atom. The maximum Gasteiger partial charge on any atom is 1.00 e. The van der Waals surface area contributed by atoms with Crippen molar-refractivity contribution in [1.82, 2.24) is 29.5 Å². The first-order valence-electron chi connectivity index (χ1n) is 8.68. The van der Waals surface area contributed by atoms with Crippen LogP contribution >= 0.6 is 11.8 Å². The van der Waals surface area contributed by atoms with Crippen molar-refractivity contribution in [2.24, 2.45) is 7.05 Å². The van der Waals surface area contributed by atoms with Gasteiger partial charge in [0.2, 0.25) is 6.33 Å². The van der Waals surface area contributed by atoms with Gasteiger partial charge in [-0.3, -0.25) is 0 Å². The molecule has 0 unspecified atom stereocenters. The number of nitrogens with one attached hydrogen (secondary N) is 1. The van der Waals surface area contributed by atoms with Crippen molar-refractivity contribution in [2.45, 2.75) is 39.9 Å². The molecular formula is C15H18Au2N7O7S2+. The van der Waals surface area contributed by atoms with E-state index in [9.17, 15) is 15.2 Å². The Labute approximate surface area is 227 Å². The average molecular weight is 866 g/mol. The van der Waals surface area contributed by atoms with Gasteiger partial charge < -0.3 is 57.5 Å². The van der Waals surface area contributed by atoms with E-state index >= 15 is 0 Å². The van der Waals surface area contributed by atoms with Crippen LogP contribution in [0.5, 0.6) is 0 Å². The zero-order valence-electron chi connectivity index (χ0n) is 16.4. The number of aliphatic hydroxyl groups is 4. The third kappa shape index (κ3) is 6.85. The number of aromatic nitrogens is 6. The monoisotopic (exact) mass is 866 g/mol. The predicted octanol–water partition coefficient (Wildman–Crippen LogP) is -1.53. The van der Waals surface area contributed by atoms with E-state index in [-0.39, 0.29) is 50.6 Å². The van der Waals surface area contributed by atoms with Gasteiger partial charge in [-0.2, -0.15) is 0 Å². The van der Waals surface area contributed by atoms with E-state index in [0.29, 0.717) is 21.2 Å². The van der Waals surface area contributed by atoms with E-state index in [1.165, 1.54) is 19.0 Å². The molecule has 4 heterocycles. The van der Waals surface area contributed by atoms with E-state index in [0.717, 1.165) is 11.8 Å². The summed E-state index contributed by atoms with van der Waals surface area (Å²) in [6.45, 7) is -0.432. The SMILES string of the molecule is Cn1cnc([N+](=O)[O-])c1Sc1ncnc2nc[nH]c12.OC[C@H]1O[C@H]([S-])[C@H](O)[C@@H](O)[C@@H]1O.[Au+].[Au+]. The molecule has 0 radical (unpaired) electrons. The van der Waals surface area contributed by atoms with E-state index < -0.39 is 41.4 Å². The maximum absolute atomic E-state index is 10.9. The third-order valence-corrected chi connectivity index (χ3v) is 5.82. The van der Waals surface area contributed by atoms with E-state index in [1.54, 1.807) is 11.6 Å². The first-order valence-corrected chi connectivity index (χ1v) is 9.97. The zero-order chi connectivity index (χ0) is 22.7. The van der Waals surface area contributed by atoms with Gasteiger partial charge in [-0.15, -0.1) is 0 Å². The number of fused-ring (bicyclic) bond motifs is 1. The molecule has 1 aliphatic rings. The van der Waals surface area contributed by atoms with Crippen molar-refractivity contribution in [3.63, 3.8) is 0 Å². The van der Waals surface area contributed by atoms with E-state index in [4.69, 9.17) is 20.1 Å². The Morgan fingerprint density at radius 1 is 1.21 bits per heavy atom. The molecule has 5 N–H and O–H groups in total. The number of aromatic amines is 1. The Balaban J connectivity index is 0.000000342. The summed E-state index contributed by atoms with van der Waals surface area (Å²) in [7, 11) is 1.69. The topological polar surface area (TPSA) is 206 Å². The summed E-state index contributed by atoms with van der Waals surface area (Å²) in [6, 6.07) is 0. The maximum atomic E-state index is 10.9. The number of rotatable bonds is 4. The summed E-state index contributed by atoms with van der Waals surface area (Å²) in [6.07, 6.45) is -0.563. The number of hydrogen-bond donors (Lipinski definition) is 5. The molecular weight excluding hydrogens is 848 g/mol. The van der Waals surface area contributed by atoms with E-state index in [1.807, 2.05) is 0 Å². The number of aliphatic hydroxyl groups excluding tert-OH is 4. The molecule has 4 rings (SSSR count). The minimum absolute atomic E-state index is 0. The number of aryl methyl sites for hydroxylation is 1. The molecule has 3 aromatic heterocycles. The number of H-pyrrole nitrogens is 1. The van der Waals surface area contributed by atoms with Crippen LogP contribution in [0.4, 0.5) is 5.82 Å². The van der Waals surface area contributed by atoms with Gasteiger partial charge in [0.05, 0.1) is 19.0 Å².